The van der Waals surface area contributed by atoms with E-state index in [1.165, 1.54) is 6.07 Å². The first-order valence-electron chi connectivity index (χ1n) is 14.6. The van der Waals surface area contributed by atoms with Crippen LogP contribution in [0.2, 0.25) is 0 Å². The molecule has 3 fully saturated rings. The quantitative estimate of drug-likeness (QED) is 0.392. The van der Waals surface area contributed by atoms with Crippen LogP contribution in [-0.4, -0.2) is 57.6 Å². The highest BCUT2D eigenvalue weighted by Crippen LogP contribution is 2.47. The van der Waals surface area contributed by atoms with E-state index in [4.69, 9.17) is 4.74 Å². The van der Waals surface area contributed by atoms with E-state index in [0.29, 0.717) is 49.0 Å². The summed E-state index contributed by atoms with van der Waals surface area (Å²) in [6, 6.07) is 14.1. The molecule has 4 heterocycles. The van der Waals surface area contributed by atoms with Crippen LogP contribution < -0.4 is 15.0 Å². The fraction of sp³-hybridized carbons (Fsp3) is 0.452. The third-order valence-corrected chi connectivity index (χ3v) is 8.59. The number of anilines is 1. The molecular formula is C31H33F3N6O3. The number of aromatic nitrogens is 3. The van der Waals surface area contributed by atoms with E-state index in [9.17, 15) is 22.8 Å². The van der Waals surface area contributed by atoms with Gasteiger partial charge in [0.1, 0.15) is 12.3 Å². The second kappa shape index (κ2) is 11.8. The number of piperidine rings is 1. The molecule has 9 nitrogen and oxygen atoms in total. The van der Waals surface area contributed by atoms with Crippen LogP contribution in [-0.2, 0) is 34.3 Å². The summed E-state index contributed by atoms with van der Waals surface area (Å²) >= 11 is 0. The van der Waals surface area contributed by atoms with Gasteiger partial charge in [-0.3, -0.25) is 14.6 Å². The minimum absolute atomic E-state index is 0.0124. The molecular weight excluding hydrogens is 561 g/mol. The Morgan fingerprint density at radius 2 is 1.72 bits per heavy atom. The van der Waals surface area contributed by atoms with Gasteiger partial charge in [-0.05, 0) is 61.9 Å². The standard InChI is InChI=1S/C31H33F3N6O3/c32-31(33,34)26-8-5-22(19-35-26)20-43-27-10-9-25(37-38-27)30(13-14-30)29(42)36-18-21-3-6-23(7-4-21)39-16-11-24(12-17-39)40-15-1-2-28(40)41/h3-10,19,24H,1-2,11-18,20H2,(H,36,42). The van der Waals surface area contributed by atoms with Gasteiger partial charge in [0.2, 0.25) is 17.7 Å². The Morgan fingerprint density at radius 1 is 0.977 bits per heavy atom. The summed E-state index contributed by atoms with van der Waals surface area (Å²) in [4.78, 5) is 33.0. The van der Waals surface area contributed by atoms with Crippen molar-refractivity contribution in [2.24, 2.45) is 0 Å². The lowest BCUT2D eigenvalue weighted by Gasteiger charge is -2.37. The van der Waals surface area contributed by atoms with E-state index >= 15 is 0 Å². The minimum Gasteiger partial charge on any atom is -0.472 e. The first-order valence-corrected chi connectivity index (χ1v) is 14.6. The third-order valence-electron chi connectivity index (χ3n) is 8.59. The normalized spacial score (nSPS) is 18.5. The van der Waals surface area contributed by atoms with Gasteiger partial charge < -0.3 is 19.9 Å². The number of alkyl halides is 3. The lowest BCUT2D eigenvalue weighted by atomic mass is 10.0. The molecule has 0 bridgehead atoms. The molecule has 2 saturated heterocycles. The Morgan fingerprint density at radius 3 is 2.30 bits per heavy atom. The van der Waals surface area contributed by atoms with Crippen molar-refractivity contribution in [3.8, 4) is 5.88 Å². The Bertz CT molecular complexity index is 1440. The van der Waals surface area contributed by atoms with Crippen LogP contribution in [0.3, 0.4) is 0 Å². The molecule has 12 heteroatoms. The third kappa shape index (κ3) is 6.42. The molecule has 2 aromatic heterocycles. The minimum atomic E-state index is -4.49. The van der Waals surface area contributed by atoms with Gasteiger partial charge in [-0.2, -0.15) is 18.3 Å². The predicted octanol–water partition coefficient (Wildman–Crippen LogP) is 4.41. The van der Waals surface area contributed by atoms with E-state index in [1.54, 1.807) is 12.1 Å². The first kappa shape index (κ1) is 28.9. The Kier molecular flexibility index (Phi) is 7.93. The summed E-state index contributed by atoms with van der Waals surface area (Å²) in [6.45, 7) is 3.12. The Labute approximate surface area is 247 Å². The van der Waals surface area contributed by atoms with Gasteiger partial charge in [0.15, 0.2) is 0 Å². The van der Waals surface area contributed by atoms with Gasteiger partial charge in [-0.15, -0.1) is 5.10 Å². The van der Waals surface area contributed by atoms with Crippen molar-refractivity contribution in [1.29, 1.82) is 0 Å². The molecule has 226 valence electrons. The average molecular weight is 595 g/mol. The number of carbonyl (C=O) groups is 2. The zero-order valence-corrected chi connectivity index (χ0v) is 23.6. The lowest BCUT2D eigenvalue weighted by molar-refractivity contribution is -0.141. The van der Waals surface area contributed by atoms with Crippen LogP contribution in [0.4, 0.5) is 18.9 Å². The number of amides is 2. The smallest absolute Gasteiger partial charge is 0.433 e. The van der Waals surface area contributed by atoms with E-state index < -0.39 is 17.3 Å². The van der Waals surface area contributed by atoms with Crippen LogP contribution in [0.5, 0.6) is 5.88 Å². The second-order valence-electron chi connectivity index (χ2n) is 11.4. The molecule has 0 atom stereocenters. The number of pyridine rings is 1. The van der Waals surface area contributed by atoms with Crippen LogP contribution in [0.1, 0.15) is 61.0 Å². The number of nitrogens with one attached hydrogen (secondary N) is 1. The predicted molar refractivity (Wildman–Crippen MR) is 151 cm³/mol. The molecule has 43 heavy (non-hydrogen) atoms. The van der Waals surface area contributed by atoms with Gasteiger partial charge in [-0.25, -0.2) is 0 Å². The summed E-state index contributed by atoms with van der Waals surface area (Å²) < 4.78 is 43.6. The molecule has 0 spiro atoms. The second-order valence-corrected chi connectivity index (χ2v) is 11.4. The largest absolute Gasteiger partial charge is 0.472 e. The van der Waals surface area contributed by atoms with E-state index in [2.05, 4.69) is 42.4 Å². The molecule has 1 saturated carbocycles. The van der Waals surface area contributed by atoms with Crippen LogP contribution >= 0.6 is 0 Å². The number of nitrogens with zero attached hydrogens (tertiary/aromatic N) is 5. The van der Waals surface area contributed by atoms with Gasteiger partial charge in [0, 0.05) is 62.2 Å². The molecule has 0 unspecified atom stereocenters. The maximum atomic E-state index is 13.1. The number of hydrogen-bond donors (Lipinski definition) is 1. The average Bonchev–Trinajstić information content (AvgIpc) is 3.73. The van der Waals surface area contributed by atoms with Crippen molar-refractivity contribution in [3.63, 3.8) is 0 Å². The van der Waals surface area contributed by atoms with E-state index in [0.717, 1.165) is 62.4 Å². The highest BCUT2D eigenvalue weighted by Gasteiger charge is 2.52. The van der Waals surface area contributed by atoms with Crippen LogP contribution in [0.15, 0.2) is 54.7 Å². The molecule has 1 aliphatic carbocycles. The fourth-order valence-electron chi connectivity index (χ4n) is 5.88. The zero-order valence-electron chi connectivity index (χ0n) is 23.6. The molecule has 1 N–H and O–H groups in total. The topological polar surface area (TPSA) is 101 Å². The Balaban J connectivity index is 0.973. The maximum Gasteiger partial charge on any atom is 0.433 e. The van der Waals surface area contributed by atoms with Crippen molar-refractivity contribution in [2.75, 3.05) is 24.5 Å². The van der Waals surface area contributed by atoms with E-state index in [-0.39, 0.29) is 18.4 Å². The van der Waals surface area contributed by atoms with E-state index in [1.807, 2.05) is 12.1 Å². The first-order chi connectivity index (χ1) is 20.7. The molecule has 2 aliphatic heterocycles. The summed E-state index contributed by atoms with van der Waals surface area (Å²) in [5.74, 6) is 0.395. The zero-order chi connectivity index (χ0) is 30.0. The number of rotatable bonds is 9. The monoisotopic (exact) mass is 594 g/mol. The molecule has 0 radical (unpaired) electrons. The summed E-state index contributed by atoms with van der Waals surface area (Å²) in [5.41, 5.74) is 1.48. The van der Waals surface area contributed by atoms with Crippen LogP contribution in [0, 0.1) is 0 Å². The maximum absolute atomic E-state index is 13.1. The van der Waals surface area contributed by atoms with Crippen LogP contribution in [0.25, 0.3) is 0 Å². The number of benzene rings is 1. The summed E-state index contributed by atoms with van der Waals surface area (Å²) in [5, 5.41) is 11.3. The number of ether oxygens (including phenoxy) is 1. The number of carbonyl (C=O) groups excluding carboxylic acids is 2. The van der Waals surface area contributed by atoms with Gasteiger partial charge in [-0.1, -0.05) is 18.2 Å². The van der Waals surface area contributed by atoms with Gasteiger partial charge in [0.05, 0.1) is 11.1 Å². The highest BCUT2D eigenvalue weighted by atomic mass is 19.4. The molecule has 6 rings (SSSR count). The molecule has 2 amide bonds. The van der Waals surface area contributed by atoms with Crippen molar-refractivity contribution < 1.29 is 27.5 Å². The lowest BCUT2D eigenvalue weighted by Crippen LogP contribution is -2.45. The number of hydrogen-bond acceptors (Lipinski definition) is 7. The molecule has 1 aromatic carbocycles. The molecule has 3 aromatic rings. The van der Waals surface area contributed by atoms with Crippen molar-refractivity contribution in [2.45, 2.75) is 69.3 Å². The highest BCUT2D eigenvalue weighted by molar-refractivity contribution is 5.90. The van der Waals surface area contributed by atoms with Crippen molar-refractivity contribution in [1.82, 2.24) is 25.4 Å². The van der Waals surface area contributed by atoms with Gasteiger partial charge in [0.25, 0.3) is 0 Å². The SMILES string of the molecule is O=C1CCCN1C1CCN(c2ccc(CNC(=O)C3(c4ccc(OCc5ccc(C(F)(F)F)nc5)nn4)CC3)cc2)CC1. The van der Waals surface area contributed by atoms with Crippen molar-refractivity contribution >= 4 is 17.5 Å². The summed E-state index contributed by atoms with van der Waals surface area (Å²) in [6.07, 6.45) is 1.59. The van der Waals surface area contributed by atoms with Crippen molar-refractivity contribution in [3.05, 3.63) is 77.2 Å². The fourth-order valence-corrected chi connectivity index (χ4v) is 5.88. The number of halogens is 3. The number of likely N-dealkylation sites (tertiary alicyclic amines) is 1. The summed E-state index contributed by atoms with van der Waals surface area (Å²) in [7, 11) is 0. The van der Waals surface area contributed by atoms with Gasteiger partial charge >= 0.3 is 6.18 Å². The molecule has 3 aliphatic rings. The Hall–Kier alpha value is -4.22.